The maximum absolute atomic E-state index is 2.94. The van der Waals surface area contributed by atoms with Crippen molar-refractivity contribution in [1.29, 1.82) is 0 Å². The fourth-order valence-corrected chi connectivity index (χ4v) is 32.9. The third-order valence-corrected chi connectivity index (χ3v) is 27.7. The van der Waals surface area contributed by atoms with Gasteiger partial charge < -0.3 is 0 Å². The van der Waals surface area contributed by atoms with Crippen molar-refractivity contribution in [1.82, 2.24) is 7.05 Å². The fourth-order valence-electron chi connectivity index (χ4n) is 3.10. The fraction of sp³-hybridized carbons (Fsp3) is 1.00. The molecule has 0 aromatic heterocycles. The third-order valence-electron chi connectivity index (χ3n) is 3.09. The molecule has 0 aromatic carbocycles. The van der Waals surface area contributed by atoms with Gasteiger partial charge in [0.15, 0.2) is 0 Å². The quantitative estimate of drug-likeness (QED) is 0.712. The van der Waals surface area contributed by atoms with Gasteiger partial charge >= 0.3 is 118 Å². The van der Waals surface area contributed by atoms with E-state index in [1.54, 1.807) is 0 Å². The Morgan fingerprint density at radius 2 is 1.29 bits per heavy atom. The van der Waals surface area contributed by atoms with Gasteiger partial charge in [0.2, 0.25) is 0 Å². The standard InChI is InChI=1S/C12H29GeN2SSi/c1-10-16-13-14(11(2,3)4)17(8,9)15(13)12(5,6)7/h10H2,1-9H3. The van der Waals surface area contributed by atoms with Crippen molar-refractivity contribution in [2.75, 3.05) is 5.75 Å². The summed E-state index contributed by atoms with van der Waals surface area (Å²) in [5, 5.41) is 0. The molecule has 1 rings (SSSR count). The topological polar surface area (TPSA) is 6.48 Å². The first-order chi connectivity index (χ1) is 7.44. The van der Waals surface area contributed by atoms with Gasteiger partial charge in [0.25, 0.3) is 0 Å². The van der Waals surface area contributed by atoms with E-state index in [-0.39, 0.29) is 0 Å². The number of hydrogen-bond acceptors (Lipinski definition) is 3. The molecule has 0 N–H and O–H groups in total. The van der Waals surface area contributed by atoms with E-state index >= 15 is 0 Å². The van der Waals surface area contributed by atoms with Crippen molar-refractivity contribution < 1.29 is 0 Å². The summed E-state index contributed by atoms with van der Waals surface area (Å²) in [4.78, 5) is 0. The molecule has 0 aromatic rings. The molecule has 0 amide bonds. The molecule has 0 unspecified atom stereocenters. The van der Waals surface area contributed by atoms with E-state index in [0.29, 0.717) is 11.1 Å². The van der Waals surface area contributed by atoms with Gasteiger partial charge in [-0.25, -0.2) is 0 Å². The maximum atomic E-state index is 2.94. The van der Waals surface area contributed by atoms with Gasteiger partial charge in [0, 0.05) is 0 Å². The van der Waals surface area contributed by atoms with Crippen LogP contribution in [0, 0.1) is 0 Å². The molecule has 1 saturated heterocycles. The van der Waals surface area contributed by atoms with Crippen molar-refractivity contribution in [3.8, 4) is 0 Å². The Balaban J connectivity index is 3.03. The Morgan fingerprint density at radius 3 is 1.53 bits per heavy atom. The Labute approximate surface area is 117 Å². The van der Waals surface area contributed by atoms with Crippen molar-refractivity contribution in [3.63, 3.8) is 0 Å². The zero-order chi connectivity index (χ0) is 13.6. The summed E-state index contributed by atoms with van der Waals surface area (Å²) in [6.07, 6.45) is 0. The first-order valence-electron chi connectivity index (χ1n) is 6.54. The summed E-state index contributed by atoms with van der Waals surface area (Å²) in [5.74, 6) is 1.26. The predicted octanol–water partition coefficient (Wildman–Crippen LogP) is 3.64. The van der Waals surface area contributed by atoms with Crippen molar-refractivity contribution in [2.45, 2.75) is 72.6 Å². The van der Waals surface area contributed by atoms with Gasteiger partial charge in [0.1, 0.15) is 0 Å². The Bertz CT molecular complexity index is 259. The Morgan fingerprint density at radius 1 is 0.941 bits per heavy atom. The monoisotopic (exact) mass is 335 g/mol. The van der Waals surface area contributed by atoms with Gasteiger partial charge in [-0.1, -0.05) is 0 Å². The Kier molecular flexibility index (Phi) is 4.59. The second-order valence-electron chi connectivity index (χ2n) is 7.22. The van der Waals surface area contributed by atoms with Crippen LogP contribution < -0.4 is 0 Å². The van der Waals surface area contributed by atoms with E-state index in [1.807, 2.05) is 0 Å². The first-order valence-corrected chi connectivity index (χ1v) is 14.9. The van der Waals surface area contributed by atoms with Crippen LogP contribution in [0.3, 0.4) is 0 Å². The van der Waals surface area contributed by atoms with Crippen molar-refractivity contribution in [3.05, 3.63) is 0 Å². The van der Waals surface area contributed by atoms with Gasteiger partial charge in [-0.05, 0) is 0 Å². The summed E-state index contributed by atoms with van der Waals surface area (Å²) in [5.41, 5.74) is 0.712. The SMILES string of the molecule is CC[S][Ge]1[N](C(C)(C)C)[Si](C)(C)[N]1C(C)(C)C. The summed E-state index contributed by atoms with van der Waals surface area (Å²) in [7, 11) is 0.883. The van der Waals surface area contributed by atoms with Gasteiger partial charge in [-0.3, -0.25) is 0 Å². The molecule has 0 spiro atoms. The van der Waals surface area contributed by atoms with Crippen LogP contribution in [0.15, 0.2) is 0 Å². The summed E-state index contributed by atoms with van der Waals surface area (Å²) in [6.45, 7) is 21.7. The molecular formula is C12H29GeN2SSi. The van der Waals surface area contributed by atoms with Crippen LogP contribution in [-0.2, 0) is 0 Å². The molecule has 1 aliphatic rings. The van der Waals surface area contributed by atoms with Gasteiger partial charge in [-0.2, -0.15) is 0 Å². The zero-order valence-corrected chi connectivity index (χ0v) is 16.9. The second-order valence-corrected chi connectivity index (χ2v) is 20.6. The van der Waals surface area contributed by atoms with Crippen LogP contribution in [0.5, 0.6) is 0 Å². The predicted molar refractivity (Wildman–Crippen MR) is 84.6 cm³/mol. The first kappa shape index (κ1) is 16.1. The number of rotatable bonds is 2. The molecule has 2 nitrogen and oxygen atoms in total. The van der Waals surface area contributed by atoms with Crippen molar-refractivity contribution >= 4 is 32.1 Å². The van der Waals surface area contributed by atoms with Crippen LogP contribution in [0.4, 0.5) is 0 Å². The molecule has 1 heterocycles. The minimum absolute atomic E-state index is 0.356. The molecule has 0 bridgehead atoms. The molecule has 1 fully saturated rings. The van der Waals surface area contributed by atoms with Crippen LogP contribution in [-0.4, -0.2) is 45.9 Å². The average Bonchev–Trinajstić information content (AvgIpc) is 1.95. The van der Waals surface area contributed by atoms with Gasteiger partial charge in [0.05, 0.1) is 0 Å². The number of nitrogens with zero attached hydrogens (tertiary/aromatic N) is 2. The molecule has 0 saturated carbocycles. The summed E-state index contributed by atoms with van der Waals surface area (Å²) >= 11 is -1.27. The zero-order valence-electron chi connectivity index (χ0n) is 13.0. The molecular weight excluding hydrogens is 305 g/mol. The number of hydrogen-bond donors (Lipinski definition) is 0. The van der Waals surface area contributed by atoms with E-state index in [9.17, 15) is 0 Å². The van der Waals surface area contributed by atoms with Crippen LogP contribution in [0.25, 0.3) is 0 Å². The third kappa shape index (κ3) is 2.96. The van der Waals surface area contributed by atoms with Crippen LogP contribution in [0.2, 0.25) is 13.1 Å². The van der Waals surface area contributed by atoms with E-state index in [4.69, 9.17) is 0 Å². The van der Waals surface area contributed by atoms with E-state index in [0.717, 1.165) is 0 Å². The molecule has 0 atom stereocenters. The van der Waals surface area contributed by atoms with Crippen molar-refractivity contribution in [2.24, 2.45) is 0 Å². The van der Waals surface area contributed by atoms with Gasteiger partial charge in [-0.15, -0.1) is 0 Å². The summed E-state index contributed by atoms with van der Waals surface area (Å²) in [6, 6.07) is 0. The molecule has 5 heteroatoms. The molecule has 1 radical (unpaired) electrons. The normalized spacial score (nSPS) is 23.8. The molecule has 101 valence electrons. The minimum atomic E-state index is -1.36. The van der Waals surface area contributed by atoms with Crippen LogP contribution >= 0.6 is 10.1 Å². The van der Waals surface area contributed by atoms with Crippen LogP contribution in [0.1, 0.15) is 48.5 Å². The Hall–Kier alpha value is 1.03. The van der Waals surface area contributed by atoms with E-state index in [1.165, 1.54) is 5.75 Å². The summed E-state index contributed by atoms with van der Waals surface area (Å²) < 4.78 is 5.89. The van der Waals surface area contributed by atoms with E-state index in [2.05, 4.69) is 78.7 Å². The molecule has 1 aliphatic heterocycles. The molecule has 17 heavy (non-hydrogen) atoms. The second kappa shape index (κ2) is 4.85. The van der Waals surface area contributed by atoms with E-state index < -0.39 is 22.0 Å². The average molecular weight is 334 g/mol. The molecule has 0 aliphatic carbocycles.